The molecule has 3 aromatic rings. The summed E-state index contributed by atoms with van der Waals surface area (Å²) in [6.07, 6.45) is 3.21. The monoisotopic (exact) mass is 611 g/mol. The summed E-state index contributed by atoms with van der Waals surface area (Å²) in [5, 5.41) is 6.12. The molecule has 5 rings (SSSR count). The molecule has 2 N–H and O–H groups in total. The molecule has 45 heavy (non-hydrogen) atoms. The van der Waals surface area contributed by atoms with Crippen LogP contribution in [0, 0.1) is 0 Å². The summed E-state index contributed by atoms with van der Waals surface area (Å²) in [5.74, 6) is -0.578. The molecule has 0 spiro atoms. The van der Waals surface area contributed by atoms with Crippen LogP contribution in [-0.4, -0.2) is 68.5 Å². The fraction of sp³-hybridized carbons (Fsp3) is 0.389. The Hall–Kier alpha value is -4.66. The van der Waals surface area contributed by atoms with E-state index in [1.165, 1.54) is 7.11 Å². The van der Waals surface area contributed by atoms with E-state index < -0.39 is 11.4 Å². The SMILES string of the molecule is COC(=O)CCNC(=O)C1(c2ccccc2)CC[C@@H](C(=O)N2CCCC(NC(=O)c3ccccc3OC)CC2)c2ccccc21. The van der Waals surface area contributed by atoms with Crippen LogP contribution in [0.2, 0.25) is 0 Å². The summed E-state index contributed by atoms with van der Waals surface area (Å²) in [5.41, 5.74) is 2.01. The van der Waals surface area contributed by atoms with Crippen LogP contribution >= 0.6 is 0 Å². The molecule has 3 amide bonds. The summed E-state index contributed by atoms with van der Waals surface area (Å²) < 4.78 is 10.1. The highest BCUT2D eigenvalue weighted by Gasteiger charge is 2.48. The van der Waals surface area contributed by atoms with Gasteiger partial charge in [0, 0.05) is 25.7 Å². The lowest BCUT2D eigenvalue weighted by Gasteiger charge is -2.42. The van der Waals surface area contributed by atoms with Gasteiger partial charge in [-0.05, 0) is 60.9 Å². The second-order valence-corrected chi connectivity index (χ2v) is 11.7. The molecule has 236 valence electrons. The van der Waals surface area contributed by atoms with Crippen molar-refractivity contribution in [1.29, 1.82) is 0 Å². The fourth-order valence-electron chi connectivity index (χ4n) is 6.79. The summed E-state index contributed by atoms with van der Waals surface area (Å²) in [4.78, 5) is 54.9. The lowest BCUT2D eigenvalue weighted by atomic mass is 9.62. The van der Waals surface area contributed by atoms with Gasteiger partial charge in [0.15, 0.2) is 0 Å². The molecule has 1 fully saturated rings. The molecule has 2 unspecified atom stereocenters. The molecule has 1 heterocycles. The van der Waals surface area contributed by atoms with Gasteiger partial charge in [-0.1, -0.05) is 66.7 Å². The highest BCUT2D eigenvalue weighted by molar-refractivity contribution is 5.97. The molecule has 2 aliphatic rings. The summed E-state index contributed by atoms with van der Waals surface area (Å²) >= 11 is 0. The molecule has 1 aliphatic carbocycles. The van der Waals surface area contributed by atoms with Gasteiger partial charge in [-0.25, -0.2) is 0 Å². The Labute approximate surface area is 264 Å². The first-order valence-corrected chi connectivity index (χ1v) is 15.6. The molecular formula is C36H41N3O6. The van der Waals surface area contributed by atoms with Gasteiger partial charge in [-0.15, -0.1) is 0 Å². The summed E-state index contributed by atoms with van der Waals surface area (Å²) in [6.45, 7) is 1.30. The van der Waals surface area contributed by atoms with Crippen molar-refractivity contribution in [2.45, 2.75) is 55.9 Å². The Bertz CT molecular complexity index is 1530. The Balaban J connectivity index is 1.34. The van der Waals surface area contributed by atoms with Crippen LogP contribution in [0.15, 0.2) is 78.9 Å². The van der Waals surface area contributed by atoms with Crippen LogP contribution in [0.1, 0.15) is 71.5 Å². The van der Waals surface area contributed by atoms with Crippen molar-refractivity contribution in [2.75, 3.05) is 33.9 Å². The van der Waals surface area contributed by atoms with Gasteiger partial charge in [0.05, 0.1) is 37.5 Å². The van der Waals surface area contributed by atoms with Crippen LogP contribution in [0.3, 0.4) is 0 Å². The van der Waals surface area contributed by atoms with E-state index in [2.05, 4.69) is 10.6 Å². The number of carbonyl (C=O) groups is 4. The molecular weight excluding hydrogens is 570 g/mol. The Morgan fingerprint density at radius 2 is 1.60 bits per heavy atom. The second-order valence-electron chi connectivity index (χ2n) is 11.7. The quantitative estimate of drug-likeness (QED) is 0.348. The maximum Gasteiger partial charge on any atom is 0.307 e. The zero-order valence-electron chi connectivity index (χ0n) is 25.9. The third-order valence-corrected chi connectivity index (χ3v) is 9.13. The first-order valence-electron chi connectivity index (χ1n) is 15.6. The van der Waals surface area contributed by atoms with Gasteiger partial charge in [0.2, 0.25) is 11.8 Å². The van der Waals surface area contributed by atoms with Crippen molar-refractivity contribution in [2.24, 2.45) is 0 Å². The van der Waals surface area contributed by atoms with Crippen LogP contribution in [0.25, 0.3) is 0 Å². The molecule has 1 aliphatic heterocycles. The van der Waals surface area contributed by atoms with Gasteiger partial charge in [-0.3, -0.25) is 19.2 Å². The number of para-hydroxylation sites is 1. The zero-order chi connectivity index (χ0) is 31.8. The molecule has 0 saturated carbocycles. The summed E-state index contributed by atoms with van der Waals surface area (Å²) in [6, 6.07) is 24.5. The fourth-order valence-corrected chi connectivity index (χ4v) is 6.79. The lowest BCUT2D eigenvalue weighted by Crippen LogP contribution is -2.50. The molecule has 0 aromatic heterocycles. The number of hydrogen-bond acceptors (Lipinski definition) is 6. The number of benzene rings is 3. The maximum atomic E-state index is 14.2. The number of hydrogen-bond donors (Lipinski definition) is 2. The van der Waals surface area contributed by atoms with Gasteiger partial charge < -0.3 is 25.0 Å². The van der Waals surface area contributed by atoms with Gasteiger partial charge >= 0.3 is 5.97 Å². The minimum absolute atomic E-state index is 0.0481. The van der Waals surface area contributed by atoms with Crippen LogP contribution in [0.4, 0.5) is 0 Å². The van der Waals surface area contributed by atoms with Crippen LogP contribution < -0.4 is 15.4 Å². The van der Waals surface area contributed by atoms with Gasteiger partial charge in [0.25, 0.3) is 5.91 Å². The molecule has 0 bridgehead atoms. The maximum absolute atomic E-state index is 14.2. The number of rotatable bonds is 9. The molecule has 9 heteroatoms. The van der Waals surface area contributed by atoms with Crippen LogP contribution in [0.5, 0.6) is 5.75 Å². The van der Waals surface area contributed by atoms with E-state index >= 15 is 0 Å². The predicted molar refractivity (Wildman–Crippen MR) is 170 cm³/mol. The van der Waals surface area contributed by atoms with E-state index in [1.54, 1.807) is 19.2 Å². The van der Waals surface area contributed by atoms with E-state index in [0.29, 0.717) is 43.7 Å². The average Bonchev–Trinajstić information content (AvgIpc) is 3.33. The van der Waals surface area contributed by atoms with Crippen LogP contribution in [-0.2, 0) is 24.5 Å². The van der Waals surface area contributed by atoms with Crippen molar-refractivity contribution < 1.29 is 28.7 Å². The zero-order valence-corrected chi connectivity index (χ0v) is 25.9. The van der Waals surface area contributed by atoms with Crippen molar-refractivity contribution >= 4 is 23.7 Å². The van der Waals surface area contributed by atoms with E-state index in [4.69, 9.17) is 9.47 Å². The lowest BCUT2D eigenvalue weighted by molar-refractivity contribution is -0.140. The second kappa shape index (κ2) is 14.4. The highest BCUT2D eigenvalue weighted by Crippen LogP contribution is 2.48. The number of nitrogens with one attached hydrogen (secondary N) is 2. The van der Waals surface area contributed by atoms with Crippen molar-refractivity contribution in [1.82, 2.24) is 15.5 Å². The molecule has 3 atom stereocenters. The predicted octanol–water partition coefficient (Wildman–Crippen LogP) is 4.35. The van der Waals surface area contributed by atoms with E-state index in [0.717, 1.165) is 29.5 Å². The number of fused-ring (bicyclic) bond motifs is 1. The third-order valence-electron chi connectivity index (χ3n) is 9.13. The Morgan fingerprint density at radius 1 is 0.867 bits per heavy atom. The molecule has 0 radical (unpaired) electrons. The summed E-state index contributed by atoms with van der Waals surface area (Å²) in [7, 11) is 2.87. The number of likely N-dealkylation sites (tertiary alicyclic amines) is 1. The van der Waals surface area contributed by atoms with Crippen molar-refractivity contribution in [3.63, 3.8) is 0 Å². The normalized spacial score (nSPS) is 21.1. The molecule has 9 nitrogen and oxygen atoms in total. The minimum atomic E-state index is -1.00. The molecule has 3 aromatic carbocycles. The average molecular weight is 612 g/mol. The minimum Gasteiger partial charge on any atom is -0.496 e. The topological polar surface area (TPSA) is 114 Å². The first-order chi connectivity index (χ1) is 21.9. The van der Waals surface area contributed by atoms with Crippen molar-refractivity contribution in [3.05, 3.63) is 101 Å². The van der Waals surface area contributed by atoms with Gasteiger partial charge in [0.1, 0.15) is 5.75 Å². The number of esters is 1. The Morgan fingerprint density at radius 3 is 2.38 bits per heavy atom. The van der Waals surface area contributed by atoms with E-state index in [9.17, 15) is 19.2 Å². The largest absolute Gasteiger partial charge is 0.496 e. The smallest absolute Gasteiger partial charge is 0.307 e. The number of nitrogens with zero attached hydrogens (tertiary/aromatic N) is 1. The standard InChI is InChI=1S/C36H41N3O6/c1-44-31-17-9-7-15-29(31)33(41)38-26-13-10-23-39(24-20-26)34(42)28-18-21-36(25-11-4-3-5-12-25,30-16-8-6-14-27(28)30)35(43)37-22-19-32(40)45-2/h3-9,11-12,14-17,26,28H,10,13,18-24H2,1-2H3,(H,37,43)(H,38,41)/t26?,28-,36?/m1/s1. The van der Waals surface area contributed by atoms with Gasteiger partial charge in [-0.2, -0.15) is 0 Å². The highest BCUT2D eigenvalue weighted by atomic mass is 16.5. The third kappa shape index (κ3) is 6.72. The van der Waals surface area contributed by atoms with Crippen molar-refractivity contribution in [3.8, 4) is 5.75 Å². The molecule has 1 saturated heterocycles. The van der Waals surface area contributed by atoms with E-state index in [1.807, 2.05) is 71.6 Å². The number of carbonyl (C=O) groups excluding carboxylic acids is 4. The number of methoxy groups -OCH3 is 2. The number of amides is 3. The first kappa shape index (κ1) is 31.8. The number of ether oxygens (including phenoxy) is 2. The Kier molecular flexibility index (Phi) is 10.2. The van der Waals surface area contributed by atoms with E-state index in [-0.39, 0.29) is 42.6 Å².